The summed E-state index contributed by atoms with van der Waals surface area (Å²) in [5.74, 6) is 3.19. The lowest BCUT2D eigenvalue weighted by molar-refractivity contribution is 0.0535. The summed E-state index contributed by atoms with van der Waals surface area (Å²) in [6, 6.07) is 0. The minimum atomic E-state index is -1.70. The zero-order chi connectivity index (χ0) is 16.8. The van der Waals surface area contributed by atoms with Gasteiger partial charge in [0.15, 0.2) is 0 Å². The van der Waals surface area contributed by atoms with Gasteiger partial charge in [-0.15, -0.1) is 5.54 Å². The average Bonchev–Trinajstić information content (AvgIpc) is 2.24. The molecule has 0 rings (SSSR count). The van der Waals surface area contributed by atoms with Gasteiger partial charge in [0.2, 0.25) is 0 Å². The molecule has 0 unspecified atom stereocenters. The molecule has 0 heterocycles. The molecule has 0 aliphatic carbocycles. The molecule has 0 saturated carbocycles. The Morgan fingerprint density at radius 1 is 1.05 bits per heavy atom. The van der Waals surface area contributed by atoms with Crippen LogP contribution in [0.1, 0.15) is 62.3 Å². The van der Waals surface area contributed by atoms with Crippen LogP contribution in [0.4, 0.5) is 4.79 Å². The number of hydrogen-bond donors (Lipinski definition) is 1. The topological polar surface area (TPSA) is 38.3 Å². The Kier molecular flexibility index (Phi) is 7.53. The van der Waals surface area contributed by atoms with Crippen LogP contribution in [0.25, 0.3) is 0 Å². The number of hydrogen-bond acceptors (Lipinski definition) is 2. The summed E-state index contributed by atoms with van der Waals surface area (Å²) in [5.41, 5.74) is 4.91. The van der Waals surface area contributed by atoms with Crippen LogP contribution in [0, 0.1) is 11.5 Å². The van der Waals surface area contributed by atoms with Crippen LogP contribution in [-0.2, 0) is 4.74 Å². The monoisotopic (exact) mass is 311 g/mol. The lowest BCUT2D eigenvalue weighted by Gasteiger charge is -2.38. The molecule has 21 heavy (non-hydrogen) atoms. The van der Waals surface area contributed by atoms with Gasteiger partial charge in [0.1, 0.15) is 13.7 Å². The summed E-state index contributed by atoms with van der Waals surface area (Å²) >= 11 is 0. The Balaban J connectivity index is 4.82. The number of rotatable bonds is 4. The second kappa shape index (κ2) is 7.89. The molecule has 4 heteroatoms. The zero-order valence-corrected chi connectivity index (χ0v) is 16.3. The SMILES string of the molecule is CC(C)[Si](C#CCNC(=O)OC(C)(C)C)(C(C)C)C(C)C. The molecule has 0 aromatic carbocycles. The normalized spacial score (nSPS) is 12.4. The maximum absolute atomic E-state index is 11.6. The predicted octanol–water partition coefficient (Wildman–Crippen LogP) is 4.73. The molecule has 0 aromatic rings. The molecular weight excluding hydrogens is 278 g/mol. The Morgan fingerprint density at radius 2 is 1.48 bits per heavy atom. The van der Waals surface area contributed by atoms with E-state index >= 15 is 0 Å². The van der Waals surface area contributed by atoms with E-state index in [0.29, 0.717) is 23.2 Å². The minimum Gasteiger partial charge on any atom is -0.444 e. The van der Waals surface area contributed by atoms with Gasteiger partial charge in [-0.05, 0) is 37.4 Å². The van der Waals surface area contributed by atoms with Crippen molar-refractivity contribution in [3.63, 3.8) is 0 Å². The van der Waals surface area contributed by atoms with Crippen molar-refractivity contribution >= 4 is 14.2 Å². The highest BCUT2D eigenvalue weighted by molar-refractivity contribution is 6.90. The van der Waals surface area contributed by atoms with Gasteiger partial charge >= 0.3 is 6.09 Å². The van der Waals surface area contributed by atoms with Crippen LogP contribution >= 0.6 is 0 Å². The maximum atomic E-state index is 11.6. The van der Waals surface area contributed by atoms with Crippen molar-refractivity contribution < 1.29 is 9.53 Å². The summed E-state index contributed by atoms with van der Waals surface area (Å²) in [7, 11) is -1.70. The molecule has 0 bridgehead atoms. The number of amides is 1. The van der Waals surface area contributed by atoms with Crippen LogP contribution < -0.4 is 5.32 Å². The number of alkyl carbamates (subject to hydrolysis) is 1. The van der Waals surface area contributed by atoms with Gasteiger partial charge in [0.05, 0.1) is 6.54 Å². The molecule has 1 amide bonds. The number of ether oxygens (including phenoxy) is 1. The molecule has 0 saturated heterocycles. The second-order valence-corrected chi connectivity index (χ2v) is 13.1. The highest BCUT2D eigenvalue weighted by Gasteiger charge is 2.41. The van der Waals surface area contributed by atoms with Crippen molar-refractivity contribution in [1.29, 1.82) is 0 Å². The van der Waals surface area contributed by atoms with Crippen LogP contribution in [-0.4, -0.2) is 26.3 Å². The van der Waals surface area contributed by atoms with Crippen molar-refractivity contribution in [3.05, 3.63) is 0 Å². The first-order valence-corrected chi connectivity index (χ1v) is 10.1. The van der Waals surface area contributed by atoms with Crippen molar-refractivity contribution in [3.8, 4) is 11.5 Å². The third kappa shape index (κ3) is 6.13. The Bertz CT molecular complexity index is 375. The van der Waals surface area contributed by atoms with E-state index in [4.69, 9.17) is 4.74 Å². The zero-order valence-electron chi connectivity index (χ0n) is 15.3. The summed E-state index contributed by atoms with van der Waals surface area (Å²) in [6.45, 7) is 19.6. The molecular formula is C17H33NO2Si. The average molecular weight is 312 g/mol. The number of nitrogens with one attached hydrogen (secondary N) is 1. The van der Waals surface area contributed by atoms with Crippen LogP contribution in [0.3, 0.4) is 0 Å². The molecule has 0 aromatic heterocycles. The first-order valence-electron chi connectivity index (χ1n) is 7.90. The van der Waals surface area contributed by atoms with E-state index in [1.807, 2.05) is 20.8 Å². The van der Waals surface area contributed by atoms with Gasteiger partial charge in [0, 0.05) is 0 Å². The van der Waals surface area contributed by atoms with Gasteiger partial charge in [-0.2, -0.15) is 0 Å². The molecule has 0 radical (unpaired) electrons. The van der Waals surface area contributed by atoms with E-state index in [2.05, 4.69) is 58.3 Å². The summed E-state index contributed by atoms with van der Waals surface area (Å²) in [6.07, 6.45) is -0.400. The van der Waals surface area contributed by atoms with Crippen molar-refractivity contribution in [2.75, 3.05) is 6.54 Å². The third-order valence-corrected chi connectivity index (χ3v) is 10.2. The van der Waals surface area contributed by atoms with Gasteiger partial charge in [-0.1, -0.05) is 47.5 Å². The first-order chi connectivity index (χ1) is 9.43. The largest absolute Gasteiger partial charge is 0.444 e. The van der Waals surface area contributed by atoms with E-state index in [0.717, 1.165) is 0 Å². The lowest BCUT2D eigenvalue weighted by atomic mass is 10.2. The van der Waals surface area contributed by atoms with Crippen LogP contribution in [0.15, 0.2) is 0 Å². The van der Waals surface area contributed by atoms with E-state index in [1.165, 1.54) is 0 Å². The Morgan fingerprint density at radius 3 is 1.81 bits per heavy atom. The predicted molar refractivity (Wildman–Crippen MR) is 93.1 cm³/mol. The number of carbonyl (C=O) groups excluding carboxylic acids is 1. The summed E-state index contributed by atoms with van der Waals surface area (Å²) < 4.78 is 5.21. The highest BCUT2D eigenvalue weighted by Crippen LogP contribution is 2.40. The Hall–Kier alpha value is -0.953. The van der Waals surface area contributed by atoms with Crippen molar-refractivity contribution in [1.82, 2.24) is 5.32 Å². The van der Waals surface area contributed by atoms with Crippen molar-refractivity contribution in [2.45, 2.75) is 84.5 Å². The highest BCUT2D eigenvalue weighted by atomic mass is 28.3. The van der Waals surface area contributed by atoms with E-state index in [1.54, 1.807) is 0 Å². The van der Waals surface area contributed by atoms with E-state index in [9.17, 15) is 4.79 Å². The molecule has 0 spiro atoms. The molecule has 0 fully saturated rings. The first kappa shape index (κ1) is 20.0. The molecule has 3 nitrogen and oxygen atoms in total. The number of carbonyl (C=O) groups is 1. The fourth-order valence-electron chi connectivity index (χ4n) is 3.06. The van der Waals surface area contributed by atoms with Gasteiger partial charge < -0.3 is 10.1 Å². The van der Waals surface area contributed by atoms with E-state index < -0.39 is 19.8 Å². The molecule has 0 aliphatic heterocycles. The fraction of sp³-hybridized carbons (Fsp3) is 0.824. The molecule has 1 N–H and O–H groups in total. The quantitative estimate of drug-likeness (QED) is 0.602. The molecule has 122 valence electrons. The van der Waals surface area contributed by atoms with Gasteiger partial charge in [-0.3, -0.25) is 0 Å². The Labute approximate surface area is 132 Å². The van der Waals surface area contributed by atoms with Crippen LogP contribution in [0.5, 0.6) is 0 Å². The second-order valence-electron chi connectivity index (χ2n) is 7.55. The van der Waals surface area contributed by atoms with Crippen molar-refractivity contribution in [2.24, 2.45) is 0 Å². The lowest BCUT2D eigenvalue weighted by Crippen LogP contribution is -2.43. The smallest absolute Gasteiger partial charge is 0.408 e. The standard InChI is InChI=1S/C17H33NO2Si/c1-13(2)21(14(3)4,15(5)6)12-10-11-18-16(19)20-17(7,8)9/h13-15H,11H2,1-9H3,(H,18,19). The summed E-state index contributed by atoms with van der Waals surface area (Å²) in [4.78, 5) is 11.6. The third-order valence-electron chi connectivity index (χ3n) is 3.89. The fourth-order valence-corrected chi connectivity index (χ4v) is 8.32. The molecule has 0 aliphatic rings. The van der Waals surface area contributed by atoms with Gasteiger partial charge in [-0.25, -0.2) is 4.79 Å². The van der Waals surface area contributed by atoms with Gasteiger partial charge in [0.25, 0.3) is 0 Å². The maximum Gasteiger partial charge on any atom is 0.408 e. The van der Waals surface area contributed by atoms with Crippen LogP contribution in [0.2, 0.25) is 16.6 Å². The molecule has 0 atom stereocenters. The summed E-state index contributed by atoms with van der Waals surface area (Å²) in [5, 5.41) is 2.72. The van der Waals surface area contributed by atoms with E-state index in [-0.39, 0.29) is 0 Å². The minimum absolute atomic E-state index is 0.357.